The van der Waals surface area contributed by atoms with Crippen LogP contribution in [0, 0.1) is 6.92 Å². The number of hydrogen-bond acceptors (Lipinski definition) is 3. The summed E-state index contributed by atoms with van der Waals surface area (Å²) in [6, 6.07) is 11.0. The van der Waals surface area contributed by atoms with E-state index in [1.54, 1.807) is 31.4 Å². The van der Waals surface area contributed by atoms with E-state index in [0.717, 1.165) is 28.0 Å². The number of amides is 1. The molecule has 0 saturated heterocycles. The van der Waals surface area contributed by atoms with Crippen molar-refractivity contribution in [3.63, 3.8) is 0 Å². The molecule has 142 valence electrons. The molecule has 0 atom stereocenters. The van der Waals surface area contributed by atoms with Crippen molar-refractivity contribution in [2.24, 2.45) is 0 Å². The van der Waals surface area contributed by atoms with Crippen LogP contribution in [-0.2, 0) is 4.79 Å². The van der Waals surface area contributed by atoms with Gasteiger partial charge in [-0.3, -0.25) is 14.5 Å². The van der Waals surface area contributed by atoms with Crippen LogP contribution in [0.2, 0.25) is 0 Å². The molecule has 2 aliphatic rings. The number of carbonyl (C=O) groups excluding carboxylic acids is 2. The molecule has 4 rings (SSSR count). The SMILES string of the molecule is COc1ccc(C(=O)C=C2C(=O)N3c4c(cc(C)cc42)C(C)=CC3(C)C)cc1. The van der Waals surface area contributed by atoms with Crippen molar-refractivity contribution in [2.45, 2.75) is 33.2 Å². The summed E-state index contributed by atoms with van der Waals surface area (Å²) >= 11 is 0. The second-order valence-corrected chi connectivity index (χ2v) is 7.98. The van der Waals surface area contributed by atoms with Crippen LogP contribution in [0.3, 0.4) is 0 Å². The summed E-state index contributed by atoms with van der Waals surface area (Å²) in [6.07, 6.45) is 3.59. The van der Waals surface area contributed by atoms with E-state index in [1.807, 2.05) is 31.7 Å². The maximum absolute atomic E-state index is 13.3. The molecule has 0 fully saturated rings. The normalized spacial score (nSPS) is 18.2. The van der Waals surface area contributed by atoms with Crippen molar-refractivity contribution in [1.82, 2.24) is 0 Å². The Balaban J connectivity index is 1.85. The van der Waals surface area contributed by atoms with Gasteiger partial charge in [0.25, 0.3) is 5.91 Å². The third-order valence-electron chi connectivity index (χ3n) is 5.42. The number of carbonyl (C=O) groups is 2. The van der Waals surface area contributed by atoms with Gasteiger partial charge >= 0.3 is 0 Å². The summed E-state index contributed by atoms with van der Waals surface area (Å²) in [5.41, 5.74) is 5.56. The first-order valence-corrected chi connectivity index (χ1v) is 9.32. The predicted octanol–water partition coefficient (Wildman–Crippen LogP) is 4.81. The van der Waals surface area contributed by atoms with Crippen molar-refractivity contribution in [3.05, 3.63) is 70.8 Å². The molecule has 0 radical (unpaired) electrons. The molecule has 2 heterocycles. The highest BCUT2D eigenvalue weighted by molar-refractivity contribution is 6.37. The summed E-state index contributed by atoms with van der Waals surface area (Å²) < 4.78 is 5.15. The van der Waals surface area contributed by atoms with E-state index in [1.165, 1.54) is 6.08 Å². The van der Waals surface area contributed by atoms with E-state index in [-0.39, 0.29) is 11.7 Å². The molecule has 0 bridgehead atoms. The zero-order valence-electron chi connectivity index (χ0n) is 16.8. The lowest BCUT2D eigenvalue weighted by Gasteiger charge is -2.38. The maximum atomic E-state index is 13.3. The average molecular weight is 373 g/mol. The number of benzene rings is 2. The highest BCUT2D eigenvalue weighted by atomic mass is 16.5. The first kappa shape index (κ1) is 18.2. The zero-order valence-corrected chi connectivity index (χ0v) is 16.8. The van der Waals surface area contributed by atoms with Crippen molar-refractivity contribution in [1.29, 1.82) is 0 Å². The molecule has 2 aliphatic heterocycles. The Morgan fingerprint density at radius 3 is 2.36 bits per heavy atom. The van der Waals surface area contributed by atoms with Gasteiger partial charge in [0.1, 0.15) is 5.75 Å². The lowest BCUT2D eigenvalue weighted by atomic mass is 9.88. The van der Waals surface area contributed by atoms with E-state index in [2.05, 4.69) is 19.1 Å². The van der Waals surface area contributed by atoms with Gasteiger partial charge in [0.05, 0.1) is 23.9 Å². The van der Waals surface area contributed by atoms with E-state index >= 15 is 0 Å². The fourth-order valence-corrected chi connectivity index (χ4v) is 4.19. The number of ether oxygens (including phenoxy) is 1. The second-order valence-electron chi connectivity index (χ2n) is 7.98. The summed E-state index contributed by atoms with van der Waals surface area (Å²) in [7, 11) is 1.58. The minimum atomic E-state index is -0.447. The van der Waals surface area contributed by atoms with E-state index in [9.17, 15) is 9.59 Å². The fraction of sp³-hybridized carbons (Fsp3) is 0.250. The summed E-state index contributed by atoms with van der Waals surface area (Å²) in [5, 5.41) is 0. The molecule has 0 unspecified atom stereocenters. The summed E-state index contributed by atoms with van der Waals surface area (Å²) in [5.74, 6) is 0.369. The predicted molar refractivity (Wildman–Crippen MR) is 112 cm³/mol. The second kappa shape index (κ2) is 6.20. The smallest absolute Gasteiger partial charge is 0.259 e. The summed E-state index contributed by atoms with van der Waals surface area (Å²) in [6.45, 7) is 8.13. The minimum absolute atomic E-state index is 0.127. The van der Waals surface area contributed by atoms with Crippen molar-refractivity contribution in [3.8, 4) is 5.75 Å². The van der Waals surface area contributed by atoms with Crippen LogP contribution >= 0.6 is 0 Å². The molecule has 0 aliphatic carbocycles. The Kier molecular flexibility index (Phi) is 4.03. The highest BCUT2D eigenvalue weighted by Gasteiger charge is 2.44. The maximum Gasteiger partial charge on any atom is 0.259 e. The molecule has 0 N–H and O–H groups in total. The van der Waals surface area contributed by atoms with Crippen LogP contribution in [0.25, 0.3) is 11.1 Å². The molecule has 0 aromatic heterocycles. The van der Waals surface area contributed by atoms with Crippen molar-refractivity contribution in [2.75, 3.05) is 12.0 Å². The molecule has 2 aromatic carbocycles. The van der Waals surface area contributed by atoms with E-state index in [4.69, 9.17) is 4.74 Å². The Morgan fingerprint density at radius 1 is 1.07 bits per heavy atom. The largest absolute Gasteiger partial charge is 0.497 e. The quantitative estimate of drug-likeness (QED) is 0.573. The number of methoxy groups -OCH3 is 1. The lowest BCUT2D eigenvalue weighted by molar-refractivity contribution is -0.113. The van der Waals surface area contributed by atoms with E-state index in [0.29, 0.717) is 16.9 Å². The Labute approximate surface area is 165 Å². The fourth-order valence-electron chi connectivity index (χ4n) is 4.19. The molecule has 0 saturated carbocycles. The lowest BCUT2D eigenvalue weighted by Crippen LogP contribution is -2.46. The van der Waals surface area contributed by atoms with Crippen LogP contribution in [-0.4, -0.2) is 24.3 Å². The van der Waals surface area contributed by atoms with Gasteiger partial charge < -0.3 is 4.74 Å². The highest BCUT2D eigenvalue weighted by Crippen LogP contribution is 2.49. The number of hydrogen-bond donors (Lipinski definition) is 0. The van der Waals surface area contributed by atoms with Crippen molar-refractivity contribution < 1.29 is 14.3 Å². The molecule has 28 heavy (non-hydrogen) atoms. The van der Waals surface area contributed by atoms with Gasteiger partial charge in [-0.05, 0) is 81.3 Å². The first-order chi connectivity index (χ1) is 13.2. The van der Waals surface area contributed by atoms with Crippen LogP contribution in [0.5, 0.6) is 5.75 Å². The van der Waals surface area contributed by atoms with Crippen LogP contribution < -0.4 is 9.64 Å². The van der Waals surface area contributed by atoms with Crippen molar-refractivity contribution >= 4 is 28.5 Å². The van der Waals surface area contributed by atoms with Gasteiger partial charge in [0.2, 0.25) is 0 Å². The first-order valence-electron chi connectivity index (χ1n) is 9.32. The van der Waals surface area contributed by atoms with E-state index < -0.39 is 5.54 Å². The van der Waals surface area contributed by atoms with Gasteiger partial charge in [-0.2, -0.15) is 0 Å². The number of allylic oxidation sites excluding steroid dienone is 2. The third kappa shape index (κ3) is 2.68. The average Bonchev–Trinajstić information content (AvgIpc) is 2.92. The summed E-state index contributed by atoms with van der Waals surface area (Å²) in [4.78, 5) is 28.0. The Morgan fingerprint density at radius 2 is 1.71 bits per heavy atom. The van der Waals surface area contributed by atoms with Gasteiger partial charge in [-0.1, -0.05) is 6.08 Å². The van der Waals surface area contributed by atoms with Gasteiger partial charge in [-0.15, -0.1) is 0 Å². The number of ketones is 1. The van der Waals surface area contributed by atoms with Gasteiger partial charge in [-0.25, -0.2) is 0 Å². The minimum Gasteiger partial charge on any atom is -0.497 e. The number of aryl methyl sites for hydroxylation is 1. The van der Waals surface area contributed by atoms with Gasteiger partial charge in [0, 0.05) is 16.7 Å². The third-order valence-corrected chi connectivity index (χ3v) is 5.42. The molecular formula is C24H23NO3. The monoisotopic (exact) mass is 373 g/mol. The Hall–Kier alpha value is -3.14. The van der Waals surface area contributed by atoms with Crippen LogP contribution in [0.15, 0.2) is 48.6 Å². The number of nitrogens with zero attached hydrogens (tertiary/aromatic N) is 1. The molecule has 4 heteroatoms. The van der Waals surface area contributed by atoms with Gasteiger partial charge in [0.15, 0.2) is 5.78 Å². The Bertz CT molecular complexity index is 1070. The molecular weight excluding hydrogens is 350 g/mol. The molecule has 1 amide bonds. The molecule has 0 spiro atoms. The standard InChI is InChI=1S/C24H23NO3/c1-14-10-18-15(2)13-24(3,4)25-22(18)19(11-14)20(23(25)27)12-21(26)16-6-8-17(28-5)9-7-16/h6-13H,1-5H3. The molecule has 2 aromatic rings. The number of anilines is 1. The topological polar surface area (TPSA) is 46.6 Å². The molecule has 4 nitrogen and oxygen atoms in total. The van der Waals surface area contributed by atoms with Crippen LogP contribution in [0.1, 0.15) is 47.8 Å². The zero-order chi connectivity index (χ0) is 20.2. The number of rotatable bonds is 3. The van der Waals surface area contributed by atoms with Crippen LogP contribution in [0.4, 0.5) is 5.69 Å².